The number of methoxy groups -OCH3 is 1. The lowest BCUT2D eigenvalue weighted by Crippen LogP contribution is -2.53. The van der Waals surface area contributed by atoms with Gasteiger partial charge in [0.1, 0.15) is 18.1 Å². The zero-order chi connectivity index (χ0) is 20.6. The molecule has 1 fully saturated rings. The van der Waals surface area contributed by atoms with Crippen LogP contribution in [0.25, 0.3) is 0 Å². The lowest BCUT2D eigenvalue weighted by atomic mass is 10.2. The summed E-state index contributed by atoms with van der Waals surface area (Å²) in [6.07, 6.45) is 0. The summed E-state index contributed by atoms with van der Waals surface area (Å²) in [6.45, 7) is 7.02. The Labute approximate surface area is 177 Å². The van der Waals surface area contributed by atoms with Crippen molar-refractivity contribution < 1.29 is 14.3 Å². The zero-order valence-electron chi connectivity index (χ0n) is 16.9. The summed E-state index contributed by atoms with van der Waals surface area (Å²) in [6, 6.07) is 14.6. The maximum Gasteiger partial charge on any atom is 0.241 e. The van der Waals surface area contributed by atoms with E-state index in [2.05, 4.69) is 15.1 Å². The van der Waals surface area contributed by atoms with Crippen LogP contribution in [0.2, 0.25) is 5.02 Å². The molecule has 2 aromatic carbocycles. The molecule has 1 heterocycles. The molecular formula is C22H28ClN3O3. The number of anilines is 1. The highest BCUT2D eigenvalue weighted by molar-refractivity contribution is 6.30. The third-order valence-corrected chi connectivity index (χ3v) is 5.43. The summed E-state index contributed by atoms with van der Waals surface area (Å²) < 4.78 is 11.0. The number of benzene rings is 2. The summed E-state index contributed by atoms with van der Waals surface area (Å²) in [5.41, 5.74) is 0.764. The van der Waals surface area contributed by atoms with Crippen molar-refractivity contribution >= 4 is 23.2 Å². The van der Waals surface area contributed by atoms with Crippen molar-refractivity contribution in [1.29, 1.82) is 0 Å². The van der Waals surface area contributed by atoms with E-state index in [4.69, 9.17) is 21.1 Å². The first-order chi connectivity index (χ1) is 14.0. The average Bonchev–Trinajstić information content (AvgIpc) is 2.76. The molecule has 0 aromatic heterocycles. The maximum atomic E-state index is 12.5. The molecule has 29 heavy (non-hydrogen) atoms. The zero-order valence-corrected chi connectivity index (χ0v) is 17.7. The summed E-state index contributed by atoms with van der Waals surface area (Å²) in [5, 5.41) is 3.61. The molecule has 1 atom stereocenters. The van der Waals surface area contributed by atoms with Gasteiger partial charge in [0.05, 0.1) is 13.2 Å². The number of hydrogen-bond acceptors (Lipinski definition) is 5. The van der Waals surface area contributed by atoms with Gasteiger partial charge in [-0.05, 0) is 55.5 Å². The van der Waals surface area contributed by atoms with E-state index in [1.54, 1.807) is 19.2 Å². The molecule has 0 spiro atoms. The van der Waals surface area contributed by atoms with Gasteiger partial charge in [0.25, 0.3) is 0 Å². The molecule has 0 saturated carbocycles. The normalized spacial score (nSPS) is 16.2. The fourth-order valence-electron chi connectivity index (χ4n) is 3.28. The standard InChI is InChI=1S/C22H28ClN3O3/c1-17(22(27)24-19-5-3-18(23)4-6-19)26-13-11-25(12-14-26)15-16-29-21-9-7-20(28-2)8-10-21/h3-10,17H,11-16H2,1-2H3,(H,24,27)/t17-/m0/s1. The summed E-state index contributed by atoms with van der Waals surface area (Å²) >= 11 is 5.89. The fraction of sp³-hybridized carbons (Fsp3) is 0.409. The van der Waals surface area contributed by atoms with Gasteiger partial charge in [-0.15, -0.1) is 0 Å². The number of ether oxygens (including phenoxy) is 2. The number of carbonyl (C=O) groups is 1. The van der Waals surface area contributed by atoms with Crippen LogP contribution in [0, 0.1) is 0 Å². The van der Waals surface area contributed by atoms with Crippen LogP contribution in [0.1, 0.15) is 6.92 Å². The van der Waals surface area contributed by atoms with Crippen molar-refractivity contribution in [3.63, 3.8) is 0 Å². The number of amides is 1. The van der Waals surface area contributed by atoms with Crippen LogP contribution in [-0.2, 0) is 4.79 Å². The highest BCUT2D eigenvalue weighted by Gasteiger charge is 2.25. The van der Waals surface area contributed by atoms with Gasteiger partial charge in [0.2, 0.25) is 5.91 Å². The Balaban J connectivity index is 1.37. The van der Waals surface area contributed by atoms with Gasteiger partial charge in [-0.25, -0.2) is 0 Å². The Morgan fingerprint density at radius 2 is 1.66 bits per heavy atom. The van der Waals surface area contributed by atoms with E-state index >= 15 is 0 Å². The minimum atomic E-state index is -0.177. The van der Waals surface area contributed by atoms with Gasteiger partial charge < -0.3 is 14.8 Å². The number of nitrogens with one attached hydrogen (secondary N) is 1. The summed E-state index contributed by atoms with van der Waals surface area (Å²) in [5.74, 6) is 1.67. The Morgan fingerprint density at radius 1 is 1.03 bits per heavy atom. The van der Waals surface area contributed by atoms with Crippen LogP contribution in [0.5, 0.6) is 11.5 Å². The molecular weight excluding hydrogens is 390 g/mol. The second kappa shape index (κ2) is 10.5. The van der Waals surface area contributed by atoms with Gasteiger partial charge >= 0.3 is 0 Å². The maximum absolute atomic E-state index is 12.5. The molecule has 3 rings (SSSR count). The minimum Gasteiger partial charge on any atom is -0.497 e. The molecule has 1 saturated heterocycles. The van der Waals surface area contributed by atoms with Gasteiger partial charge in [-0.1, -0.05) is 11.6 Å². The molecule has 1 N–H and O–H groups in total. The van der Waals surface area contributed by atoms with Gasteiger partial charge in [0.15, 0.2) is 0 Å². The first kappa shape index (κ1) is 21.4. The van der Waals surface area contributed by atoms with Crippen molar-refractivity contribution in [1.82, 2.24) is 9.80 Å². The van der Waals surface area contributed by atoms with Crippen molar-refractivity contribution in [2.45, 2.75) is 13.0 Å². The number of hydrogen-bond donors (Lipinski definition) is 1. The fourth-order valence-corrected chi connectivity index (χ4v) is 3.41. The molecule has 1 aliphatic heterocycles. The Morgan fingerprint density at radius 3 is 2.28 bits per heavy atom. The van der Waals surface area contributed by atoms with E-state index in [-0.39, 0.29) is 11.9 Å². The quantitative estimate of drug-likeness (QED) is 0.713. The van der Waals surface area contributed by atoms with E-state index in [1.807, 2.05) is 43.3 Å². The Kier molecular flexibility index (Phi) is 7.75. The lowest BCUT2D eigenvalue weighted by Gasteiger charge is -2.37. The number of piperazine rings is 1. The third kappa shape index (κ3) is 6.35. The molecule has 0 unspecified atom stereocenters. The molecule has 6 nitrogen and oxygen atoms in total. The second-order valence-electron chi connectivity index (χ2n) is 7.07. The molecule has 0 aliphatic carbocycles. The molecule has 7 heteroatoms. The SMILES string of the molecule is COc1ccc(OCCN2CCN([C@@H](C)C(=O)Nc3ccc(Cl)cc3)CC2)cc1. The van der Waals surface area contributed by atoms with Gasteiger partial charge in [0, 0.05) is 43.4 Å². The van der Waals surface area contributed by atoms with Crippen LogP contribution in [0.15, 0.2) is 48.5 Å². The van der Waals surface area contributed by atoms with E-state index < -0.39 is 0 Å². The minimum absolute atomic E-state index is 0.00334. The monoisotopic (exact) mass is 417 g/mol. The predicted molar refractivity (Wildman–Crippen MR) is 116 cm³/mol. The van der Waals surface area contributed by atoms with Crippen LogP contribution >= 0.6 is 11.6 Å². The van der Waals surface area contributed by atoms with Crippen molar-refractivity contribution in [3.8, 4) is 11.5 Å². The van der Waals surface area contributed by atoms with Crippen molar-refractivity contribution in [3.05, 3.63) is 53.6 Å². The van der Waals surface area contributed by atoms with Crippen LogP contribution in [0.3, 0.4) is 0 Å². The highest BCUT2D eigenvalue weighted by Crippen LogP contribution is 2.17. The first-order valence-corrected chi connectivity index (χ1v) is 10.2. The first-order valence-electron chi connectivity index (χ1n) is 9.85. The Hall–Kier alpha value is -2.28. The van der Waals surface area contributed by atoms with E-state index in [9.17, 15) is 4.79 Å². The number of halogens is 1. The molecule has 0 bridgehead atoms. The summed E-state index contributed by atoms with van der Waals surface area (Å²) in [7, 11) is 1.65. The predicted octanol–water partition coefficient (Wildman–Crippen LogP) is 3.37. The highest BCUT2D eigenvalue weighted by atomic mass is 35.5. The molecule has 1 amide bonds. The second-order valence-corrected chi connectivity index (χ2v) is 7.51. The smallest absolute Gasteiger partial charge is 0.241 e. The van der Waals surface area contributed by atoms with E-state index in [1.165, 1.54) is 0 Å². The summed E-state index contributed by atoms with van der Waals surface area (Å²) in [4.78, 5) is 17.1. The van der Waals surface area contributed by atoms with E-state index in [0.29, 0.717) is 11.6 Å². The van der Waals surface area contributed by atoms with Crippen molar-refractivity contribution in [2.75, 3.05) is 51.8 Å². The van der Waals surface area contributed by atoms with E-state index in [0.717, 1.165) is 49.9 Å². The van der Waals surface area contributed by atoms with Crippen LogP contribution in [0.4, 0.5) is 5.69 Å². The molecule has 0 radical (unpaired) electrons. The van der Waals surface area contributed by atoms with Crippen molar-refractivity contribution in [2.24, 2.45) is 0 Å². The molecule has 1 aliphatic rings. The molecule has 156 valence electrons. The molecule has 2 aromatic rings. The van der Waals surface area contributed by atoms with Gasteiger partial charge in [-0.2, -0.15) is 0 Å². The van der Waals surface area contributed by atoms with Crippen LogP contribution < -0.4 is 14.8 Å². The topological polar surface area (TPSA) is 54.0 Å². The number of nitrogens with zero attached hydrogens (tertiary/aromatic N) is 2. The van der Waals surface area contributed by atoms with Crippen LogP contribution in [-0.4, -0.2) is 68.2 Å². The third-order valence-electron chi connectivity index (χ3n) is 5.18. The van der Waals surface area contributed by atoms with Gasteiger partial charge in [-0.3, -0.25) is 14.6 Å². The largest absolute Gasteiger partial charge is 0.497 e. The average molecular weight is 418 g/mol. The number of carbonyl (C=O) groups excluding carboxylic acids is 1. The number of rotatable bonds is 8. The lowest BCUT2D eigenvalue weighted by molar-refractivity contribution is -0.121. The Bertz CT molecular complexity index is 775.